The van der Waals surface area contributed by atoms with Crippen molar-refractivity contribution in [3.05, 3.63) is 23.3 Å². The maximum atomic E-state index is 11.9. The molecular weight excluding hydrogens is 206 g/mol. The molecule has 86 valence electrons. The summed E-state index contributed by atoms with van der Waals surface area (Å²) in [6, 6.07) is 3.63. The normalized spacial score (nSPS) is 13.9. The lowest BCUT2D eigenvalue weighted by molar-refractivity contribution is 0.0787. The minimum atomic E-state index is 0.0680. The molecule has 0 fully saturated rings. The van der Waals surface area contributed by atoms with Crippen molar-refractivity contribution in [3.63, 3.8) is 0 Å². The Morgan fingerprint density at radius 1 is 1.25 bits per heavy atom. The zero-order valence-corrected chi connectivity index (χ0v) is 9.74. The molecule has 1 amide bonds. The summed E-state index contributed by atoms with van der Waals surface area (Å²) in [5, 5.41) is 0. The van der Waals surface area contributed by atoms with Crippen LogP contribution >= 0.6 is 0 Å². The second-order valence-electron chi connectivity index (χ2n) is 3.68. The number of hydrogen-bond donors (Lipinski definition) is 0. The van der Waals surface area contributed by atoms with Gasteiger partial charge in [-0.3, -0.25) is 4.79 Å². The van der Waals surface area contributed by atoms with Crippen LogP contribution in [0.3, 0.4) is 0 Å². The second kappa shape index (κ2) is 4.04. The number of fused-ring (bicyclic) bond motifs is 1. The van der Waals surface area contributed by atoms with E-state index >= 15 is 0 Å². The fourth-order valence-electron chi connectivity index (χ4n) is 1.95. The van der Waals surface area contributed by atoms with Gasteiger partial charge < -0.3 is 14.4 Å². The van der Waals surface area contributed by atoms with E-state index in [0.29, 0.717) is 18.0 Å². The number of nitrogens with zero attached hydrogens (tertiary/aromatic N) is 1. The van der Waals surface area contributed by atoms with Gasteiger partial charge in [-0.2, -0.15) is 0 Å². The summed E-state index contributed by atoms with van der Waals surface area (Å²) >= 11 is 0. The second-order valence-corrected chi connectivity index (χ2v) is 3.68. The third-order valence-electron chi connectivity index (χ3n) is 2.87. The van der Waals surface area contributed by atoms with Gasteiger partial charge in [0, 0.05) is 18.7 Å². The van der Waals surface area contributed by atoms with Crippen LogP contribution in [0.25, 0.3) is 0 Å². The highest BCUT2D eigenvalue weighted by molar-refractivity contribution is 5.99. The highest BCUT2D eigenvalue weighted by Gasteiger charge is 2.28. The van der Waals surface area contributed by atoms with Crippen LogP contribution in [0.4, 0.5) is 0 Å². The first-order chi connectivity index (χ1) is 7.71. The van der Waals surface area contributed by atoms with E-state index in [2.05, 4.69) is 0 Å². The van der Waals surface area contributed by atoms with Gasteiger partial charge in [0.1, 0.15) is 0 Å². The lowest BCUT2D eigenvalue weighted by atomic mass is 10.1. The Morgan fingerprint density at radius 3 is 2.44 bits per heavy atom. The Kier molecular flexibility index (Phi) is 2.73. The van der Waals surface area contributed by atoms with Gasteiger partial charge in [-0.1, -0.05) is 0 Å². The molecule has 0 radical (unpaired) electrons. The molecule has 0 aromatic heterocycles. The molecule has 16 heavy (non-hydrogen) atoms. The van der Waals surface area contributed by atoms with E-state index < -0.39 is 0 Å². The minimum absolute atomic E-state index is 0.0680. The van der Waals surface area contributed by atoms with Crippen LogP contribution in [-0.2, 0) is 6.54 Å². The van der Waals surface area contributed by atoms with Crippen molar-refractivity contribution < 1.29 is 14.3 Å². The smallest absolute Gasteiger partial charge is 0.254 e. The fraction of sp³-hybridized carbons (Fsp3) is 0.417. The molecule has 2 rings (SSSR count). The van der Waals surface area contributed by atoms with Crippen molar-refractivity contribution in [3.8, 4) is 11.5 Å². The number of carbonyl (C=O) groups is 1. The summed E-state index contributed by atoms with van der Waals surface area (Å²) in [5.74, 6) is 1.35. The van der Waals surface area contributed by atoms with E-state index in [1.54, 1.807) is 25.2 Å². The molecule has 0 N–H and O–H groups in total. The van der Waals surface area contributed by atoms with E-state index in [1.165, 1.54) is 0 Å². The van der Waals surface area contributed by atoms with Gasteiger partial charge in [-0.05, 0) is 24.6 Å². The molecule has 0 bridgehead atoms. The Bertz CT molecular complexity index is 429. The summed E-state index contributed by atoms with van der Waals surface area (Å²) in [6.07, 6.45) is 0. The molecule has 1 aromatic carbocycles. The molecule has 1 aromatic rings. The molecule has 0 atom stereocenters. The molecule has 0 saturated heterocycles. The first-order valence-electron chi connectivity index (χ1n) is 5.25. The van der Waals surface area contributed by atoms with E-state index in [9.17, 15) is 4.79 Å². The van der Waals surface area contributed by atoms with E-state index in [1.807, 2.05) is 13.0 Å². The van der Waals surface area contributed by atoms with Crippen LogP contribution in [-0.4, -0.2) is 31.6 Å². The van der Waals surface area contributed by atoms with Gasteiger partial charge in [0.15, 0.2) is 11.5 Å². The van der Waals surface area contributed by atoms with E-state index in [-0.39, 0.29) is 5.91 Å². The van der Waals surface area contributed by atoms with Crippen LogP contribution in [0.15, 0.2) is 12.1 Å². The monoisotopic (exact) mass is 221 g/mol. The molecule has 0 aliphatic carbocycles. The van der Waals surface area contributed by atoms with E-state index in [4.69, 9.17) is 9.47 Å². The lowest BCUT2D eigenvalue weighted by Crippen LogP contribution is -2.22. The standard InChI is InChI=1S/C12H15NO3/c1-4-13-7-8-5-10(15-2)11(16-3)6-9(8)12(13)14/h5-6H,4,7H2,1-3H3. The maximum Gasteiger partial charge on any atom is 0.254 e. The average Bonchev–Trinajstić information content (AvgIpc) is 2.63. The Morgan fingerprint density at radius 2 is 1.88 bits per heavy atom. The highest BCUT2D eigenvalue weighted by Crippen LogP contribution is 2.34. The molecule has 1 aliphatic rings. The third kappa shape index (κ3) is 1.50. The van der Waals surface area contributed by atoms with Crippen molar-refractivity contribution in [1.29, 1.82) is 0 Å². The predicted octanol–water partition coefficient (Wildman–Crippen LogP) is 1.68. The summed E-state index contributed by atoms with van der Waals surface area (Å²) in [5.41, 5.74) is 1.73. The Hall–Kier alpha value is -1.71. The van der Waals surface area contributed by atoms with Crippen LogP contribution in [0.2, 0.25) is 0 Å². The summed E-state index contributed by atoms with van der Waals surface area (Å²) in [6.45, 7) is 3.35. The fourth-order valence-corrected chi connectivity index (χ4v) is 1.95. The van der Waals surface area contributed by atoms with Crippen LogP contribution < -0.4 is 9.47 Å². The van der Waals surface area contributed by atoms with Crippen LogP contribution in [0.1, 0.15) is 22.8 Å². The topological polar surface area (TPSA) is 38.8 Å². The van der Waals surface area contributed by atoms with Gasteiger partial charge >= 0.3 is 0 Å². The van der Waals surface area contributed by atoms with Crippen molar-refractivity contribution >= 4 is 5.91 Å². The molecule has 0 spiro atoms. The Balaban J connectivity index is 2.47. The average molecular weight is 221 g/mol. The van der Waals surface area contributed by atoms with Crippen molar-refractivity contribution in [1.82, 2.24) is 4.90 Å². The number of hydrogen-bond acceptors (Lipinski definition) is 3. The van der Waals surface area contributed by atoms with Crippen molar-refractivity contribution in [2.75, 3.05) is 20.8 Å². The summed E-state index contributed by atoms with van der Waals surface area (Å²) in [7, 11) is 3.17. The number of carbonyl (C=O) groups excluding carboxylic acids is 1. The zero-order valence-electron chi connectivity index (χ0n) is 9.74. The van der Waals surface area contributed by atoms with Gasteiger partial charge in [-0.25, -0.2) is 0 Å². The van der Waals surface area contributed by atoms with Crippen molar-refractivity contribution in [2.24, 2.45) is 0 Å². The maximum absolute atomic E-state index is 11.9. The molecule has 0 unspecified atom stereocenters. The van der Waals surface area contributed by atoms with Crippen LogP contribution in [0.5, 0.6) is 11.5 Å². The van der Waals surface area contributed by atoms with Crippen LogP contribution in [0, 0.1) is 0 Å². The first kappa shape index (κ1) is 10.8. The molecule has 4 nitrogen and oxygen atoms in total. The number of ether oxygens (including phenoxy) is 2. The molecule has 1 heterocycles. The van der Waals surface area contributed by atoms with Gasteiger partial charge in [0.25, 0.3) is 5.91 Å². The third-order valence-corrected chi connectivity index (χ3v) is 2.87. The summed E-state index contributed by atoms with van der Waals surface area (Å²) < 4.78 is 10.4. The number of rotatable bonds is 3. The Labute approximate surface area is 94.8 Å². The predicted molar refractivity (Wildman–Crippen MR) is 60.0 cm³/mol. The number of amides is 1. The molecule has 1 aliphatic heterocycles. The zero-order chi connectivity index (χ0) is 11.7. The molecule has 4 heteroatoms. The lowest BCUT2D eigenvalue weighted by Gasteiger charge is -2.10. The highest BCUT2D eigenvalue weighted by atomic mass is 16.5. The van der Waals surface area contributed by atoms with E-state index in [0.717, 1.165) is 17.7 Å². The van der Waals surface area contributed by atoms with Gasteiger partial charge in [-0.15, -0.1) is 0 Å². The quantitative estimate of drug-likeness (QED) is 0.779. The van der Waals surface area contributed by atoms with Gasteiger partial charge in [0.2, 0.25) is 0 Å². The molecular formula is C12H15NO3. The van der Waals surface area contributed by atoms with Gasteiger partial charge in [0.05, 0.1) is 14.2 Å². The number of methoxy groups -OCH3 is 2. The van der Waals surface area contributed by atoms with Crippen molar-refractivity contribution in [2.45, 2.75) is 13.5 Å². The largest absolute Gasteiger partial charge is 0.493 e. The first-order valence-corrected chi connectivity index (χ1v) is 5.25. The summed E-state index contributed by atoms with van der Waals surface area (Å²) in [4.78, 5) is 13.7. The minimum Gasteiger partial charge on any atom is -0.493 e. The number of benzene rings is 1. The molecule has 0 saturated carbocycles. The SMILES string of the molecule is CCN1Cc2cc(OC)c(OC)cc2C1=O.